The van der Waals surface area contributed by atoms with Crippen molar-refractivity contribution in [3.8, 4) is 0 Å². The molecule has 0 bridgehead atoms. The molecule has 0 unspecified atom stereocenters. The van der Waals surface area contributed by atoms with E-state index in [1.54, 1.807) is 6.92 Å². The van der Waals surface area contributed by atoms with Gasteiger partial charge in [-0.3, -0.25) is 0 Å². The van der Waals surface area contributed by atoms with E-state index >= 15 is 0 Å². The number of aromatic nitrogens is 1. The summed E-state index contributed by atoms with van der Waals surface area (Å²) in [6, 6.07) is 2.35. The van der Waals surface area contributed by atoms with Crippen molar-refractivity contribution >= 4 is 16.0 Å². The summed E-state index contributed by atoms with van der Waals surface area (Å²) in [5.74, 6) is -1.19. The molecule has 0 saturated carbocycles. The van der Waals surface area contributed by atoms with E-state index in [4.69, 9.17) is 5.11 Å². The zero-order valence-corrected chi connectivity index (χ0v) is 8.78. The Morgan fingerprint density at radius 1 is 1.53 bits per heavy atom. The summed E-state index contributed by atoms with van der Waals surface area (Å²) < 4.78 is 25.1. The highest BCUT2D eigenvalue weighted by atomic mass is 32.2. The van der Waals surface area contributed by atoms with Crippen LogP contribution in [0.4, 0.5) is 0 Å². The Morgan fingerprint density at radius 2 is 2.20 bits per heavy atom. The van der Waals surface area contributed by atoms with Crippen LogP contribution in [-0.2, 0) is 10.0 Å². The van der Waals surface area contributed by atoms with Gasteiger partial charge in [-0.2, -0.15) is 0 Å². The standard InChI is InChI=1S/C8H10N2O4S/c1-2-10-15(13,14)6-3-4-7(8(11)12)9-5-6/h3-5,10H,2H2,1H3,(H,11,12). The summed E-state index contributed by atoms with van der Waals surface area (Å²) in [6.07, 6.45) is 1.02. The lowest BCUT2D eigenvalue weighted by Crippen LogP contribution is -2.23. The topological polar surface area (TPSA) is 96.4 Å². The van der Waals surface area contributed by atoms with Gasteiger partial charge in [0.05, 0.1) is 0 Å². The number of aromatic carboxylic acids is 1. The number of nitrogens with zero attached hydrogens (tertiary/aromatic N) is 1. The minimum absolute atomic E-state index is 0.0469. The Balaban J connectivity index is 3.04. The monoisotopic (exact) mass is 230 g/mol. The predicted molar refractivity (Wildman–Crippen MR) is 52.1 cm³/mol. The van der Waals surface area contributed by atoms with Crippen molar-refractivity contribution < 1.29 is 18.3 Å². The first-order chi connectivity index (χ1) is 6.97. The lowest BCUT2D eigenvalue weighted by Gasteiger charge is -2.03. The summed E-state index contributed by atoms with van der Waals surface area (Å²) >= 11 is 0. The molecule has 0 amide bonds. The van der Waals surface area contributed by atoms with Crippen molar-refractivity contribution in [2.75, 3.05) is 6.54 Å². The highest BCUT2D eigenvalue weighted by Crippen LogP contribution is 2.07. The first-order valence-corrected chi connectivity index (χ1v) is 5.64. The summed E-state index contributed by atoms with van der Waals surface area (Å²) in [6.45, 7) is 1.92. The highest BCUT2D eigenvalue weighted by molar-refractivity contribution is 7.89. The number of hydrogen-bond donors (Lipinski definition) is 2. The fourth-order valence-corrected chi connectivity index (χ4v) is 1.92. The third kappa shape index (κ3) is 2.74. The van der Waals surface area contributed by atoms with Crippen molar-refractivity contribution in [1.29, 1.82) is 0 Å². The van der Waals surface area contributed by atoms with Gasteiger partial charge in [0.25, 0.3) is 0 Å². The fourth-order valence-electron chi connectivity index (χ4n) is 0.939. The van der Waals surface area contributed by atoms with Crippen LogP contribution in [0.25, 0.3) is 0 Å². The van der Waals surface area contributed by atoms with Crippen LogP contribution in [0, 0.1) is 0 Å². The second kappa shape index (κ2) is 4.37. The average molecular weight is 230 g/mol. The normalized spacial score (nSPS) is 11.3. The Kier molecular flexibility index (Phi) is 3.38. The summed E-state index contributed by atoms with van der Waals surface area (Å²) in [5, 5.41) is 8.55. The lowest BCUT2D eigenvalue weighted by atomic mass is 10.4. The maximum absolute atomic E-state index is 11.4. The molecular weight excluding hydrogens is 220 g/mol. The van der Waals surface area contributed by atoms with E-state index in [1.807, 2.05) is 0 Å². The van der Waals surface area contributed by atoms with Gasteiger partial charge in [-0.1, -0.05) is 6.92 Å². The van der Waals surface area contributed by atoms with Crippen LogP contribution in [-0.4, -0.2) is 31.0 Å². The molecule has 1 rings (SSSR count). The van der Waals surface area contributed by atoms with Crippen LogP contribution < -0.4 is 4.72 Å². The van der Waals surface area contributed by atoms with Crippen molar-refractivity contribution in [3.63, 3.8) is 0 Å². The number of hydrogen-bond acceptors (Lipinski definition) is 4. The molecule has 0 saturated heterocycles. The number of carbonyl (C=O) groups is 1. The fraction of sp³-hybridized carbons (Fsp3) is 0.250. The van der Waals surface area contributed by atoms with Crippen LogP contribution in [0.5, 0.6) is 0 Å². The molecule has 1 heterocycles. The molecule has 0 aliphatic heterocycles. The van der Waals surface area contributed by atoms with Crippen LogP contribution >= 0.6 is 0 Å². The molecule has 2 N–H and O–H groups in total. The molecule has 0 aromatic carbocycles. The number of pyridine rings is 1. The smallest absolute Gasteiger partial charge is 0.354 e. The predicted octanol–water partition coefficient (Wildman–Crippen LogP) is 0.0780. The molecule has 1 aromatic heterocycles. The number of carboxylic acid groups (broad SMARTS) is 1. The molecule has 82 valence electrons. The Labute approximate surface area is 87.0 Å². The van der Waals surface area contributed by atoms with E-state index in [-0.39, 0.29) is 17.1 Å². The third-order valence-electron chi connectivity index (χ3n) is 1.60. The largest absolute Gasteiger partial charge is 0.477 e. The van der Waals surface area contributed by atoms with Gasteiger partial charge in [-0.25, -0.2) is 22.9 Å². The van der Waals surface area contributed by atoms with Crippen LogP contribution in [0.15, 0.2) is 23.2 Å². The number of nitrogens with one attached hydrogen (secondary N) is 1. The second-order valence-electron chi connectivity index (χ2n) is 2.69. The lowest BCUT2D eigenvalue weighted by molar-refractivity contribution is 0.0690. The number of carboxylic acids is 1. The van der Waals surface area contributed by atoms with E-state index in [1.165, 1.54) is 6.07 Å². The summed E-state index contributed by atoms with van der Waals surface area (Å²) in [4.78, 5) is 13.9. The maximum Gasteiger partial charge on any atom is 0.354 e. The van der Waals surface area contributed by atoms with E-state index in [0.29, 0.717) is 0 Å². The van der Waals surface area contributed by atoms with Gasteiger partial charge in [0, 0.05) is 12.7 Å². The van der Waals surface area contributed by atoms with Gasteiger partial charge in [0.15, 0.2) is 0 Å². The minimum Gasteiger partial charge on any atom is -0.477 e. The molecule has 15 heavy (non-hydrogen) atoms. The van der Waals surface area contributed by atoms with E-state index in [2.05, 4.69) is 9.71 Å². The van der Waals surface area contributed by atoms with Crippen LogP contribution in [0.2, 0.25) is 0 Å². The van der Waals surface area contributed by atoms with Gasteiger partial charge in [0.1, 0.15) is 10.6 Å². The average Bonchev–Trinajstić information content (AvgIpc) is 2.18. The van der Waals surface area contributed by atoms with Crippen molar-refractivity contribution in [2.24, 2.45) is 0 Å². The third-order valence-corrected chi connectivity index (χ3v) is 3.13. The van der Waals surface area contributed by atoms with Gasteiger partial charge in [0.2, 0.25) is 10.0 Å². The van der Waals surface area contributed by atoms with Gasteiger partial charge in [-0.15, -0.1) is 0 Å². The van der Waals surface area contributed by atoms with E-state index in [0.717, 1.165) is 12.3 Å². The molecule has 0 aliphatic carbocycles. The Hall–Kier alpha value is -1.47. The van der Waals surface area contributed by atoms with E-state index < -0.39 is 16.0 Å². The van der Waals surface area contributed by atoms with Crippen LogP contribution in [0.1, 0.15) is 17.4 Å². The highest BCUT2D eigenvalue weighted by Gasteiger charge is 2.13. The summed E-state index contributed by atoms with van der Waals surface area (Å²) in [5.41, 5.74) is -0.189. The zero-order valence-electron chi connectivity index (χ0n) is 7.97. The molecule has 0 spiro atoms. The first-order valence-electron chi connectivity index (χ1n) is 4.16. The van der Waals surface area contributed by atoms with E-state index in [9.17, 15) is 13.2 Å². The summed E-state index contributed by atoms with van der Waals surface area (Å²) in [7, 11) is -3.56. The Morgan fingerprint density at radius 3 is 2.60 bits per heavy atom. The molecular formula is C8H10N2O4S. The number of rotatable bonds is 4. The van der Waals surface area contributed by atoms with Crippen molar-refractivity contribution in [2.45, 2.75) is 11.8 Å². The minimum atomic E-state index is -3.56. The molecule has 0 aliphatic rings. The van der Waals surface area contributed by atoms with Crippen molar-refractivity contribution in [3.05, 3.63) is 24.0 Å². The first kappa shape index (κ1) is 11.6. The van der Waals surface area contributed by atoms with Gasteiger partial charge < -0.3 is 5.11 Å². The number of sulfonamides is 1. The quantitative estimate of drug-likeness (QED) is 0.763. The van der Waals surface area contributed by atoms with Gasteiger partial charge in [-0.05, 0) is 12.1 Å². The zero-order chi connectivity index (χ0) is 11.5. The van der Waals surface area contributed by atoms with Crippen LogP contribution in [0.3, 0.4) is 0 Å². The molecule has 0 radical (unpaired) electrons. The molecule has 0 atom stereocenters. The SMILES string of the molecule is CCNS(=O)(=O)c1ccc(C(=O)O)nc1. The van der Waals surface area contributed by atoms with Crippen molar-refractivity contribution in [1.82, 2.24) is 9.71 Å². The second-order valence-corrected chi connectivity index (χ2v) is 4.45. The molecule has 7 heteroatoms. The van der Waals surface area contributed by atoms with Gasteiger partial charge >= 0.3 is 5.97 Å². The maximum atomic E-state index is 11.4. The molecule has 6 nitrogen and oxygen atoms in total. The Bertz CT molecular complexity index is 452. The molecule has 1 aromatic rings. The molecule has 0 fully saturated rings.